The zero-order valence-corrected chi connectivity index (χ0v) is 23.0. The van der Waals surface area contributed by atoms with Crippen molar-refractivity contribution in [2.45, 2.75) is 51.2 Å². The van der Waals surface area contributed by atoms with Crippen LogP contribution < -0.4 is 15.4 Å². The smallest absolute Gasteiger partial charge is 0.257 e. The maximum absolute atomic E-state index is 13.9. The van der Waals surface area contributed by atoms with E-state index in [9.17, 15) is 22.4 Å². The van der Waals surface area contributed by atoms with Crippen LogP contribution in [0.2, 0.25) is 0 Å². The van der Waals surface area contributed by atoms with Gasteiger partial charge in [-0.15, -0.1) is 0 Å². The van der Waals surface area contributed by atoms with E-state index in [4.69, 9.17) is 4.74 Å². The lowest BCUT2D eigenvalue weighted by atomic mass is 9.82. The van der Waals surface area contributed by atoms with Crippen LogP contribution in [0.1, 0.15) is 53.0 Å². The number of benzene rings is 1. The number of pyridine rings is 1. The second-order valence-corrected chi connectivity index (χ2v) is 13.1. The molecule has 2 aliphatic rings. The van der Waals surface area contributed by atoms with Crippen LogP contribution >= 0.6 is 0 Å². The third-order valence-electron chi connectivity index (χ3n) is 6.77. The number of carbonyl (C=O) groups is 2. The topological polar surface area (TPSA) is 132 Å². The van der Waals surface area contributed by atoms with Gasteiger partial charge in [-0.1, -0.05) is 12.1 Å². The first-order chi connectivity index (χ1) is 18.2. The van der Waals surface area contributed by atoms with Crippen molar-refractivity contribution in [3.8, 4) is 11.6 Å². The molecule has 10 nitrogen and oxygen atoms in total. The molecule has 12 heteroatoms. The number of alkyl halides is 1. The van der Waals surface area contributed by atoms with Crippen molar-refractivity contribution < 1.29 is 27.1 Å². The molecule has 1 aromatic carbocycles. The van der Waals surface area contributed by atoms with Gasteiger partial charge in [0.1, 0.15) is 29.3 Å². The number of hydrogen-bond acceptors (Lipinski definition) is 7. The summed E-state index contributed by atoms with van der Waals surface area (Å²) in [4.78, 5) is 30.6. The summed E-state index contributed by atoms with van der Waals surface area (Å²) in [6.45, 7) is 4.71. The number of halogens is 1. The minimum absolute atomic E-state index is 0.0677. The molecular formula is C27H30FN5O5S. The van der Waals surface area contributed by atoms with Crippen LogP contribution in [0, 0.1) is 6.92 Å². The lowest BCUT2D eigenvalue weighted by molar-refractivity contribution is -0.113. The van der Waals surface area contributed by atoms with E-state index in [0.717, 1.165) is 22.9 Å². The fourth-order valence-electron chi connectivity index (χ4n) is 5.09. The van der Waals surface area contributed by atoms with Crippen molar-refractivity contribution in [2.24, 2.45) is 0 Å². The lowest BCUT2D eigenvalue weighted by Crippen LogP contribution is -2.49. The highest BCUT2D eigenvalue weighted by Crippen LogP contribution is 2.44. The second-order valence-electron chi connectivity index (χ2n) is 10.9. The Morgan fingerprint density at radius 2 is 2.05 bits per heavy atom. The monoisotopic (exact) mass is 555 g/mol. The molecule has 0 fully saturated rings. The number of rotatable bonds is 7. The van der Waals surface area contributed by atoms with Crippen molar-refractivity contribution in [1.29, 1.82) is 0 Å². The molecule has 206 valence electrons. The molecule has 0 radical (unpaired) electrons. The molecule has 1 aliphatic carbocycles. The van der Waals surface area contributed by atoms with Crippen LogP contribution in [0.25, 0.3) is 5.82 Å². The Hall–Kier alpha value is -3.80. The molecule has 39 heavy (non-hydrogen) atoms. The molecule has 2 aromatic heterocycles. The van der Waals surface area contributed by atoms with Crippen molar-refractivity contribution in [3.05, 3.63) is 64.5 Å². The fraction of sp³-hybridized carbons (Fsp3) is 0.407. The van der Waals surface area contributed by atoms with Gasteiger partial charge in [0.25, 0.3) is 5.91 Å². The van der Waals surface area contributed by atoms with Gasteiger partial charge in [0.05, 0.1) is 11.2 Å². The Balaban J connectivity index is 1.52. The Labute approximate surface area is 225 Å². The Bertz CT molecular complexity index is 1580. The third kappa shape index (κ3) is 5.51. The first kappa shape index (κ1) is 26.8. The molecule has 0 saturated carbocycles. The minimum atomic E-state index is -3.60. The molecule has 2 N–H and O–H groups in total. The molecule has 1 aliphatic heterocycles. The van der Waals surface area contributed by atoms with Gasteiger partial charge in [0.2, 0.25) is 5.91 Å². The number of anilines is 1. The molecule has 2 amide bonds. The molecule has 1 spiro atoms. The number of nitrogens with zero attached hydrogens (tertiary/aromatic N) is 3. The molecule has 0 bridgehead atoms. The number of nitrogens with one attached hydrogen (secondary N) is 2. The summed E-state index contributed by atoms with van der Waals surface area (Å²) >= 11 is 0. The van der Waals surface area contributed by atoms with Gasteiger partial charge < -0.3 is 15.4 Å². The first-order valence-corrected chi connectivity index (χ1v) is 14.6. The van der Waals surface area contributed by atoms with E-state index in [1.54, 1.807) is 18.3 Å². The fourth-order valence-corrected chi connectivity index (χ4v) is 5.64. The third-order valence-corrected chi connectivity index (χ3v) is 7.55. The number of carbonyl (C=O) groups excluding carboxylic acids is 2. The van der Waals surface area contributed by atoms with Gasteiger partial charge in [-0.3, -0.25) is 9.59 Å². The van der Waals surface area contributed by atoms with Crippen molar-refractivity contribution >= 4 is 27.5 Å². The normalized spacial score (nSPS) is 18.4. The van der Waals surface area contributed by atoms with Gasteiger partial charge in [-0.05, 0) is 68.5 Å². The minimum Gasteiger partial charge on any atom is -0.490 e. The summed E-state index contributed by atoms with van der Waals surface area (Å²) < 4.78 is 44.3. The van der Waals surface area contributed by atoms with Gasteiger partial charge in [0.15, 0.2) is 21.5 Å². The van der Waals surface area contributed by atoms with Gasteiger partial charge in [-0.25, -0.2) is 17.8 Å². The average molecular weight is 556 g/mol. The van der Waals surface area contributed by atoms with Crippen molar-refractivity contribution in [3.63, 3.8) is 0 Å². The largest absolute Gasteiger partial charge is 0.490 e. The molecule has 5 rings (SSSR count). The van der Waals surface area contributed by atoms with Crippen LogP contribution in [0.5, 0.6) is 5.75 Å². The SMILES string of the molecule is Cc1ccc(-n2nc3c(c2NC(=O)CS(C)(=O)=O)C(=O)N[C@@]2(CCc4cc(OCC(C)(C)F)ccc42)C3)nc1. The summed E-state index contributed by atoms with van der Waals surface area (Å²) in [5.41, 5.74) is 1.29. The van der Waals surface area contributed by atoms with Crippen LogP contribution in [0.4, 0.5) is 10.2 Å². The molecule has 0 saturated heterocycles. The Kier molecular flexibility index (Phi) is 6.48. The molecule has 1 atom stereocenters. The zero-order valence-electron chi connectivity index (χ0n) is 22.2. The number of amides is 2. The molecule has 0 unspecified atom stereocenters. The first-order valence-electron chi connectivity index (χ1n) is 12.5. The van der Waals surface area contributed by atoms with Gasteiger partial charge >= 0.3 is 0 Å². The Morgan fingerprint density at radius 3 is 2.72 bits per heavy atom. The predicted octanol–water partition coefficient (Wildman–Crippen LogP) is 2.81. The highest BCUT2D eigenvalue weighted by atomic mass is 32.2. The van der Waals surface area contributed by atoms with E-state index in [-0.39, 0.29) is 18.0 Å². The summed E-state index contributed by atoms with van der Waals surface area (Å²) in [5, 5.41) is 10.4. The van der Waals surface area contributed by atoms with E-state index >= 15 is 0 Å². The van der Waals surface area contributed by atoms with Crippen LogP contribution in [0.15, 0.2) is 36.5 Å². The van der Waals surface area contributed by atoms with Gasteiger partial charge in [-0.2, -0.15) is 9.78 Å². The van der Waals surface area contributed by atoms with E-state index in [1.165, 1.54) is 18.5 Å². The van der Waals surface area contributed by atoms with E-state index < -0.39 is 38.6 Å². The number of ether oxygens (including phenoxy) is 1. The average Bonchev–Trinajstić information content (AvgIpc) is 3.35. The van der Waals surface area contributed by atoms with Crippen molar-refractivity contribution in [1.82, 2.24) is 20.1 Å². The zero-order chi connectivity index (χ0) is 28.2. The Morgan fingerprint density at radius 1 is 1.28 bits per heavy atom. The quantitative estimate of drug-likeness (QED) is 0.458. The lowest BCUT2D eigenvalue weighted by Gasteiger charge is -2.35. The standard InChI is InChI=1S/C27H30FN5O5S/c1-16-5-8-21(29-13-16)33-24(30-22(34)14-39(4,36)37)23-20(32-33)12-27(31-25(23)35)10-9-17-11-18(6-7-19(17)27)38-15-26(2,3)28/h5-8,11,13H,9-10,12,14-15H2,1-4H3,(H,30,34)(H,31,35)/t27-/m0/s1. The highest BCUT2D eigenvalue weighted by Gasteiger charge is 2.47. The maximum Gasteiger partial charge on any atom is 0.257 e. The number of fused-ring (bicyclic) bond motifs is 3. The number of sulfone groups is 1. The van der Waals surface area contributed by atoms with Gasteiger partial charge in [0, 0.05) is 18.9 Å². The van der Waals surface area contributed by atoms with Crippen LogP contribution in [-0.4, -0.2) is 59.3 Å². The number of aromatic nitrogens is 3. The summed E-state index contributed by atoms with van der Waals surface area (Å²) in [5.74, 6) is -0.954. The van der Waals surface area contributed by atoms with E-state index in [0.29, 0.717) is 36.5 Å². The molecule has 3 heterocycles. The maximum atomic E-state index is 13.9. The predicted molar refractivity (Wildman–Crippen MR) is 143 cm³/mol. The highest BCUT2D eigenvalue weighted by molar-refractivity contribution is 7.91. The van der Waals surface area contributed by atoms with E-state index in [2.05, 4.69) is 20.7 Å². The number of hydrogen-bond donors (Lipinski definition) is 2. The summed E-state index contributed by atoms with van der Waals surface area (Å²) in [6.07, 6.45) is 4.25. The summed E-state index contributed by atoms with van der Waals surface area (Å²) in [6, 6.07) is 9.07. The number of aryl methyl sites for hydroxylation is 2. The molecular weight excluding hydrogens is 525 g/mol. The van der Waals surface area contributed by atoms with Crippen LogP contribution in [0.3, 0.4) is 0 Å². The van der Waals surface area contributed by atoms with Crippen molar-refractivity contribution in [2.75, 3.05) is 23.9 Å². The summed E-state index contributed by atoms with van der Waals surface area (Å²) in [7, 11) is -3.60. The second kappa shape index (κ2) is 9.44. The van der Waals surface area contributed by atoms with E-state index in [1.807, 2.05) is 25.1 Å². The molecule has 3 aromatic rings. The van der Waals surface area contributed by atoms with Crippen LogP contribution in [-0.2, 0) is 33.0 Å².